The maximum Gasteiger partial charge on any atom is 0.337 e. The molecule has 35 heavy (non-hydrogen) atoms. The van der Waals surface area contributed by atoms with Gasteiger partial charge in [0, 0.05) is 30.3 Å². The van der Waals surface area contributed by atoms with Gasteiger partial charge in [-0.05, 0) is 57.1 Å². The lowest BCUT2D eigenvalue weighted by Crippen LogP contribution is -2.43. The number of ether oxygens (including phenoxy) is 1. The molecular weight excluding hydrogens is 461 g/mol. The Morgan fingerprint density at radius 3 is 2.43 bits per heavy atom. The number of rotatable bonds is 8. The smallest absolute Gasteiger partial charge is 0.337 e. The average molecular weight is 491 g/mol. The standard InChI is InChI=1S/C26H29F3N2O4/c1-5-16-10-11-30-24(22(16)23(28)29)35-21-12-18(26(33)34)20(13-19(21)27)31(14(2)3)25(32)17-8-6-15(4)7-9-17/h5,10-15,17,23H,1,6-9H2,2-4H3,(H,33,34). The van der Waals surface area contributed by atoms with E-state index in [1.165, 1.54) is 23.2 Å². The van der Waals surface area contributed by atoms with E-state index in [0.29, 0.717) is 18.8 Å². The van der Waals surface area contributed by atoms with Crippen LogP contribution in [0.3, 0.4) is 0 Å². The second-order valence-electron chi connectivity index (χ2n) is 9.09. The molecule has 0 bridgehead atoms. The van der Waals surface area contributed by atoms with Crippen LogP contribution in [0.4, 0.5) is 18.9 Å². The number of anilines is 1. The minimum absolute atomic E-state index is 0.0545. The van der Waals surface area contributed by atoms with E-state index in [2.05, 4.69) is 18.5 Å². The quantitative estimate of drug-likeness (QED) is 0.437. The zero-order chi connectivity index (χ0) is 25.9. The van der Waals surface area contributed by atoms with Crippen molar-refractivity contribution in [2.24, 2.45) is 11.8 Å². The van der Waals surface area contributed by atoms with Crippen molar-refractivity contribution in [1.29, 1.82) is 0 Å². The summed E-state index contributed by atoms with van der Waals surface area (Å²) in [6.45, 7) is 9.04. The summed E-state index contributed by atoms with van der Waals surface area (Å²) in [5.41, 5.74) is -1.03. The Kier molecular flexibility index (Phi) is 8.19. The highest BCUT2D eigenvalue weighted by Crippen LogP contribution is 2.38. The van der Waals surface area contributed by atoms with Gasteiger partial charge in [-0.2, -0.15) is 0 Å². The van der Waals surface area contributed by atoms with Crippen molar-refractivity contribution in [3.8, 4) is 11.6 Å². The first-order valence-corrected chi connectivity index (χ1v) is 11.5. The molecule has 0 saturated heterocycles. The van der Waals surface area contributed by atoms with E-state index in [4.69, 9.17) is 4.74 Å². The highest BCUT2D eigenvalue weighted by Gasteiger charge is 2.33. The van der Waals surface area contributed by atoms with Crippen LogP contribution in [0.25, 0.3) is 6.08 Å². The summed E-state index contributed by atoms with van der Waals surface area (Å²) in [6, 6.07) is 2.67. The number of carboxylic acids is 1. The van der Waals surface area contributed by atoms with Crippen LogP contribution in [0, 0.1) is 17.7 Å². The molecule has 1 fully saturated rings. The summed E-state index contributed by atoms with van der Waals surface area (Å²) in [5.74, 6) is -3.61. The number of amides is 1. The van der Waals surface area contributed by atoms with Crippen LogP contribution in [-0.2, 0) is 4.79 Å². The van der Waals surface area contributed by atoms with Gasteiger partial charge in [-0.3, -0.25) is 4.79 Å². The normalized spacial score (nSPS) is 17.9. The Hall–Kier alpha value is -3.36. The molecule has 1 aromatic heterocycles. The van der Waals surface area contributed by atoms with Gasteiger partial charge in [0.1, 0.15) is 0 Å². The minimum atomic E-state index is -2.99. The Bertz CT molecular complexity index is 1110. The van der Waals surface area contributed by atoms with Crippen molar-refractivity contribution in [3.63, 3.8) is 0 Å². The first kappa shape index (κ1) is 26.2. The number of carboxylic acid groups (broad SMARTS) is 1. The fourth-order valence-electron chi connectivity index (χ4n) is 4.40. The highest BCUT2D eigenvalue weighted by atomic mass is 19.3. The molecular formula is C26H29F3N2O4. The molecule has 0 radical (unpaired) electrons. The fourth-order valence-corrected chi connectivity index (χ4v) is 4.40. The second-order valence-corrected chi connectivity index (χ2v) is 9.09. The molecule has 1 N–H and O–H groups in total. The Labute approximate surface area is 202 Å². The molecule has 1 amide bonds. The molecule has 1 saturated carbocycles. The van der Waals surface area contributed by atoms with E-state index in [9.17, 15) is 23.5 Å². The van der Waals surface area contributed by atoms with Crippen molar-refractivity contribution in [2.45, 2.75) is 58.9 Å². The van der Waals surface area contributed by atoms with E-state index in [1.807, 2.05) is 0 Å². The molecule has 1 aliphatic rings. The molecule has 3 rings (SSSR count). The largest absolute Gasteiger partial charge is 0.478 e. The third-order valence-corrected chi connectivity index (χ3v) is 6.29. The number of benzene rings is 1. The molecule has 1 aromatic carbocycles. The van der Waals surface area contributed by atoms with Crippen LogP contribution in [0.15, 0.2) is 31.0 Å². The molecule has 188 valence electrons. The predicted molar refractivity (Wildman–Crippen MR) is 126 cm³/mol. The number of halogens is 3. The van der Waals surface area contributed by atoms with Crippen molar-refractivity contribution in [2.75, 3.05) is 4.90 Å². The lowest BCUT2D eigenvalue weighted by Gasteiger charge is -2.34. The predicted octanol–water partition coefficient (Wildman–Crippen LogP) is 6.86. The topological polar surface area (TPSA) is 79.7 Å². The third kappa shape index (κ3) is 5.66. The lowest BCUT2D eigenvalue weighted by atomic mass is 9.82. The minimum Gasteiger partial charge on any atom is -0.478 e. The van der Waals surface area contributed by atoms with Crippen molar-refractivity contribution in [3.05, 3.63) is 53.5 Å². The summed E-state index contributed by atoms with van der Waals surface area (Å²) >= 11 is 0. The number of aromatic nitrogens is 1. The number of nitrogens with zero attached hydrogens (tertiary/aromatic N) is 2. The number of pyridine rings is 1. The Morgan fingerprint density at radius 1 is 1.23 bits per heavy atom. The van der Waals surface area contributed by atoms with Crippen LogP contribution in [0.2, 0.25) is 0 Å². The van der Waals surface area contributed by atoms with Gasteiger partial charge >= 0.3 is 5.97 Å². The second kappa shape index (κ2) is 10.9. The van der Waals surface area contributed by atoms with Crippen molar-refractivity contribution >= 4 is 23.6 Å². The van der Waals surface area contributed by atoms with Crippen LogP contribution < -0.4 is 9.64 Å². The summed E-state index contributed by atoms with van der Waals surface area (Å²) in [4.78, 5) is 30.6. The third-order valence-electron chi connectivity index (χ3n) is 6.29. The van der Waals surface area contributed by atoms with Crippen molar-refractivity contribution < 1.29 is 32.6 Å². The van der Waals surface area contributed by atoms with Crippen LogP contribution in [0.5, 0.6) is 11.6 Å². The number of alkyl halides is 2. The van der Waals surface area contributed by atoms with E-state index >= 15 is 4.39 Å². The van der Waals surface area contributed by atoms with Crippen LogP contribution in [0.1, 0.15) is 74.4 Å². The number of carbonyl (C=O) groups is 2. The Morgan fingerprint density at radius 2 is 1.89 bits per heavy atom. The summed E-state index contributed by atoms with van der Waals surface area (Å²) in [5, 5.41) is 9.86. The first-order chi connectivity index (χ1) is 16.5. The number of hydrogen-bond acceptors (Lipinski definition) is 4. The zero-order valence-electron chi connectivity index (χ0n) is 19.9. The average Bonchev–Trinajstić information content (AvgIpc) is 2.80. The molecule has 9 heteroatoms. The van der Waals surface area contributed by atoms with Crippen LogP contribution >= 0.6 is 0 Å². The number of aromatic carboxylic acids is 1. The van der Waals surface area contributed by atoms with Gasteiger partial charge in [-0.25, -0.2) is 22.9 Å². The van der Waals surface area contributed by atoms with E-state index < -0.39 is 41.4 Å². The monoisotopic (exact) mass is 490 g/mol. The molecule has 0 atom stereocenters. The first-order valence-electron chi connectivity index (χ1n) is 11.5. The zero-order valence-corrected chi connectivity index (χ0v) is 19.9. The van der Waals surface area contributed by atoms with Gasteiger partial charge in [-0.1, -0.05) is 19.6 Å². The summed E-state index contributed by atoms with van der Waals surface area (Å²) in [6.07, 6.45) is 2.54. The lowest BCUT2D eigenvalue weighted by molar-refractivity contribution is -0.123. The molecule has 0 aliphatic heterocycles. The highest BCUT2D eigenvalue weighted by molar-refractivity contribution is 6.03. The van der Waals surface area contributed by atoms with E-state index in [0.717, 1.165) is 25.0 Å². The maximum absolute atomic E-state index is 15.2. The summed E-state index contributed by atoms with van der Waals surface area (Å²) in [7, 11) is 0. The van der Waals surface area contributed by atoms with Crippen molar-refractivity contribution in [1.82, 2.24) is 4.98 Å². The molecule has 2 aromatic rings. The molecule has 0 unspecified atom stereocenters. The molecule has 6 nitrogen and oxygen atoms in total. The van der Waals surface area contributed by atoms with Gasteiger partial charge in [0.05, 0.1) is 16.8 Å². The van der Waals surface area contributed by atoms with Gasteiger partial charge < -0.3 is 14.7 Å². The Balaban J connectivity index is 2.04. The fraction of sp³-hybridized carbons (Fsp3) is 0.423. The molecule has 1 heterocycles. The van der Waals surface area contributed by atoms with Gasteiger partial charge in [0.2, 0.25) is 11.8 Å². The number of hydrogen-bond donors (Lipinski definition) is 1. The van der Waals surface area contributed by atoms with E-state index in [-0.39, 0.29) is 28.6 Å². The van der Waals surface area contributed by atoms with Gasteiger partial charge in [0.25, 0.3) is 6.43 Å². The maximum atomic E-state index is 15.2. The molecule has 1 aliphatic carbocycles. The van der Waals surface area contributed by atoms with Crippen LogP contribution in [-0.4, -0.2) is 28.0 Å². The van der Waals surface area contributed by atoms with Gasteiger partial charge in [0.15, 0.2) is 11.6 Å². The SMILES string of the molecule is C=Cc1ccnc(Oc2cc(C(=O)O)c(N(C(=O)C3CCC(C)CC3)C(C)C)cc2F)c1C(F)F. The number of carbonyl (C=O) groups excluding carboxylic acids is 1. The molecule has 0 spiro atoms. The van der Waals surface area contributed by atoms with E-state index in [1.54, 1.807) is 13.8 Å². The van der Waals surface area contributed by atoms with Gasteiger partial charge in [-0.15, -0.1) is 0 Å². The summed E-state index contributed by atoms with van der Waals surface area (Å²) < 4.78 is 47.8.